The number of carbonyl (C=O) groups excluding carboxylic acids is 1. The standard InChI is InChI=1S/C9H11ClN2O2/c1-14-8-4-6(2-3-7(8)10)12-5-9(11)13/h2-4,12H,5H2,1H3,(H2,11,13). The lowest BCUT2D eigenvalue weighted by Gasteiger charge is -2.07. The van der Waals surface area contributed by atoms with E-state index in [1.165, 1.54) is 7.11 Å². The van der Waals surface area contributed by atoms with E-state index in [1.54, 1.807) is 18.2 Å². The van der Waals surface area contributed by atoms with Gasteiger partial charge in [-0.15, -0.1) is 0 Å². The smallest absolute Gasteiger partial charge is 0.236 e. The summed E-state index contributed by atoms with van der Waals surface area (Å²) < 4.78 is 5.00. The third kappa shape index (κ3) is 2.81. The maximum Gasteiger partial charge on any atom is 0.236 e. The Hall–Kier alpha value is -1.42. The van der Waals surface area contributed by atoms with Crippen LogP contribution < -0.4 is 15.8 Å². The van der Waals surface area contributed by atoms with Crippen molar-refractivity contribution < 1.29 is 9.53 Å². The molecule has 0 bridgehead atoms. The summed E-state index contributed by atoms with van der Waals surface area (Å²) in [5, 5.41) is 3.36. The molecule has 0 aliphatic heterocycles. The van der Waals surface area contributed by atoms with Crippen LogP contribution in [0, 0.1) is 0 Å². The monoisotopic (exact) mass is 214 g/mol. The van der Waals surface area contributed by atoms with Gasteiger partial charge in [0.05, 0.1) is 18.7 Å². The van der Waals surface area contributed by atoms with Crippen LogP contribution in [0.3, 0.4) is 0 Å². The Balaban J connectivity index is 2.74. The highest BCUT2D eigenvalue weighted by molar-refractivity contribution is 6.32. The fourth-order valence-corrected chi connectivity index (χ4v) is 1.15. The molecule has 0 heterocycles. The molecule has 0 fully saturated rings. The molecule has 76 valence electrons. The van der Waals surface area contributed by atoms with Crippen LogP contribution >= 0.6 is 11.6 Å². The van der Waals surface area contributed by atoms with E-state index < -0.39 is 5.91 Å². The largest absolute Gasteiger partial charge is 0.495 e. The number of nitrogens with two attached hydrogens (primary N) is 1. The minimum Gasteiger partial charge on any atom is -0.495 e. The third-order valence-electron chi connectivity index (χ3n) is 1.62. The molecule has 1 aromatic rings. The first-order valence-electron chi connectivity index (χ1n) is 3.99. The van der Waals surface area contributed by atoms with Crippen molar-refractivity contribution in [2.75, 3.05) is 19.0 Å². The molecule has 1 rings (SSSR count). The quantitative estimate of drug-likeness (QED) is 0.793. The lowest BCUT2D eigenvalue weighted by molar-refractivity contribution is -0.116. The fraction of sp³-hybridized carbons (Fsp3) is 0.222. The van der Waals surface area contributed by atoms with Gasteiger partial charge in [0, 0.05) is 11.8 Å². The molecule has 0 aromatic heterocycles. The van der Waals surface area contributed by atoms with Gasteiger partial charge in [-0.05, 0) is 12.1 Å². The SMILES string of the molecule is COc1cc(NCC(N)=O)ccc1Cl. The molecule has 1 aromatic carbocycles. The second kappa shape index (κ2) is 4.72. The predicted octanol–water partition coefficient (Wildman–Crippen LogP) is 1.25. The summed E-state index contributed by atoms with van der Waals surface area (Å²) in [6.07, 6.45) is 0. The second-order valence-corrected chi connectivity index (χ2v) is 3.08. The minimum absolute atomic E-state index is 0.0881. The highest BCUT2D eigenvalue weighted by Crippen LogP contribution is 2.27. The van der Waals surface area contributed by atoms with Crippen molar-refractivity contribution in [3.05, 3.63) is 23.2 Å². The Bertz CT molecular complexity index is 342. The predicted molar refractivity (Wildman–Crippen MR) is 55.7 cm³/mol. The van der Waals surface area contributed by atoms with Crippen LogP contribution in [0.15, 0.2) is 18.2 Å². The van der Waals surface area contributed by atoms with Crippen LogP contribution in [-0.4, -0.2) is 19.6 Å². The van der Waals surface area contributed by atoms with E-state index in [-0.39, 0.29) is 6.54 Å². The number of primary amides is 1. The molecule has 3 N–H and O–H groups in total. The number of halogens is 1. The molecule has 14 heavy (non-hydrogen) atoms. The van der Waals surface area contributed by atoms with Crippen LogP contribution in [0.1, 0.15) is 0 Å². The zero-order valence-corrected chi connectivity index (χ0v) is 8.47. The topological polar surface area (TPSA) is 64.3 Å². The maximum atomic E-state index is 10.5. The van der Waals surface area contributed by atoms with Gasteiger partial charge in [-0.25, -0.2) is 0 Å². The molecule has 0 aliphatic carbocycles. The van der Waals surface area contributed by atoms with E-state index in [0.29, 0.717) is 10.8 Å². The van der Waals surface area contributed by atoms with Gasteiger partial charge in [-0.3, -0.25) is 4.79 Å². The molecule has 1 amide bonds. The molecule has 0 aliphatic rings. The van der Waals surface area contributed by atoms with E-state index in [1.807, 2.05) is 0 Å². The van der Waals surface area contributed by atoms with Gasteiger partial charge in [0.2, 0.25) is 5.91 Å². The van der Waals surface area contributed by atoms with Crippen LogP contribution in [0.2, 0.25) is 5.02 Å². The lowest BCUT2D eigenvalue weighted by Crippen LogP contribution is -2.21. The first-order valence-corrected chi connectivity index (χ1v) is 4.37. The van der Waals surface area contributed by atoms with E-state index in [4.69, 9.17) is 22.1 Å². The van der Waals surface area contributed by atoms with Crippen molar-refractivity contribution in [1.29, 1.82) is 0 Å². The number of nitrogens with one attached hydrogen (secondary N) is 1. The van der Waals surface area contributed by atoms with Crippen molar-refractivity contribution in [1.82, 2.24) is 0 Å². The summed E-state index contributed by atoms with van der Waals surface area (Å²) in [4.78, 5) is 10.5. The number of carbonyl (C=O) groups is 1. The van der Waals surface area contributed by atoms with Crippen LogP contribution in [-0.2, 0) is 4.79 Å². The summed E-state index contributed by atoms with van der Waals surface area (Å²) >= 11 is 5.81. The van der Waals surface area contributed by atoms with E-state index >= 15 is 0 Å². The summed E-state index contributed by atoms with van der Waals surface area (Å²) in [7, 11) is 1.53. The van der Waals surface area contributed by atoms with Crippen molar-refractivity contribution in [2.24, 2.45) is 5.73 Å². The number of ether oxygens (including phenoxy) is 1. The molecular formula is C9H11ClN2O2. The first-order chi connectivity index (χ1) is 6.63. The summed E-state index contributed by atoms with van der Waals surface area (Å²) in [5.74, 6) is 0.139. The third-order valence-corrected chi connectivity index (χ3v) is 1.93. The number of amides is 1. The van der Waals surface area contributed by atoms with E-state index in [9.17, 15) is 4.79 Å². The molecule has 0 atom stereocenters. The zero-order chi connectivity index (χ0) is 10.6. The van der Waals surface area contributed by atoms with Crippen molar-refractivity contribution in [3.8, 4) is 5.75 Å². The van der Waals surface area contributed by atoms with Crippen LogP contribution in [0.25, 0.3) is 0 Å². The summed E-state index contributed by atoms with van der Waals surface area (Å²) in [6, 6.07) is 5.13. The summed E-state index contributed by atoms with van der Waals surface area (Å²) in [5.41, 5.74) is 5.72. The molecule has 4 nitrogen and oxygen atoms in total. The Morgan fingerprint density at radius 2 is 2.36 bits per heavy atom. The first kappa shape index (κ1) is 10.7. The number of hydrogen-bond donors (Lipinski definition) is 2. The van der Waals surface area contributed by atoms with Gasteiger partial charge in [-0.1, -0.05) is 11.6 Å². The molecule has 0 spiro atoms. The Morgan fingerprint density at radius 1 is 1.64 bits per heavy atom. The van der Waals surface area contributed by atoms with Gasteiger partial charge in [0.25, 0.3) is 0 Å². The Morgan fingerprint density at radius 3 is 2.93 bits per heavy atom. The van der Waals surface area contributed by atoms with Gasteiger partial charge in [0.1, 0.15) is 5.75 Å². The Kier molecular flexibility index (Phi) is 3.59. The lowest BCUT2D eigenvalue weighted by atomic mass is 10.3. The number of benzene rings is 1. The molecule has 0 saturated carbocycles. The highest BCUT2D eigenvalue weighted by Gasteiger charge is 2.02. The van der Waals surface area contributed by atoms with Crippen LogP contribution in [0.4, 0.5) is 5.69 Å². The number of methoxy groups -OCH3 is 1. The number of hydrogen-bond acceptors (Lipinski definition) is 3. The molecular weight excluding hydrogens is 204 g/mol. The maximum absolute atomic E-state index is 10.5. The van der Waals surface area contributed by atoms with Crippen molar-refractivity contribution in [2.45, 2.75) is 0 Å². The molecule has 0 unspecified atom stereocenters. The average Bonchev–Trinajstić information content (AvgIpc) is 2.16. The zero-order valence-electron chi connectivity index (χ0n) is 7.71. The average molecular weight is 215 g/mol. The number of rotatable bonds is 4. The van der Waals surface area contributed by atoms with Gasteiger partial charge in [-0.2, -0.15) is 0 Å². The van der Waals surface area contributed by atoms with Crippen molar-refractivity contribution in [3.63, 3.8) is 0 Å². The summed E-state index contributed by atoms with van der Waals surface area (Å²) in [6.45, 7) is 0.0881. The highest BCUT2D eigenvalue weighted by atomic mass is 35.5. The molecule has 5 heteroatoms. The van der Waals surface area contributed by atoms with Crippen LogP contribution in [0.5, 0.6) is 5.75 Å². The van der Waals surface area contributed by atoms with Gasteiger partial charge in [0.15, 0.2) is 0 Å². The molecule has 0 radical (unpaired) electrons. The van der Waals surface area contributed by atoms with E-state index in [2.05, 4.69) is 5.32 Å². The second-order valence-electron chi connectivity index (χ2n) is 2.67. The van der Waals surface area contributed by atoms with Gasteiger partial charge < -0.3 is 15.8 Å². The van der Waals surface area contributed by atoms with Gasteiger partial charge >= 0.3 is 0 Å². The fourth-order valence-electron chi connectivity index (χ4n) is 0.959. The Labute approximate surface area is 87.0 Å². The number of anilines is 1. The van der Waals surface area contributed by atoms with Crippen molar-refractivity contribution >= 4 is 23.2 Å². The minimum atomic E-state index is -0.418. The molecule has 0 saturated heterocycles. The van der Waals surface area contributed by atoms with E-state index in [0.717, 1.165) is 5.69 Å². The normalized spacial score (nSPS) is 9.57.